The number of methoxy groups -OCH3 is 1. The molecule has 1 heterocycles. The van der Waals surface area contributed by atoms with Crippen molar-refractivity contribution in [3.8, 4) is 30.1 Å². The minimum absolute atomic E-state index is 0.00456. The zero-order valence-electron chi connectivity index (χ0n) is 28.3. The van der Waals surface area contributed by atoms with Crippen LogP contribution < -0.4 is 4.74 Å². The van der Waals surface area contributed by atoms with Crippen molar-refractivity contribution in [2.24, 2.45) is 0 Å². The molecule has 2 aliphatic carbocycles. The van der Waals surface area contributed by atoms with Crippen molar-refractivity contribution in [2.75, 3.05) is 20.3 Å². The maximum atomic E-state index is 13.1. The number of hydrogen-bond acceptors (Lipinski definition) is 10. The van der Waals surface area contributed by atoms with Crippen molar-refractivity contribution in [3.63, 3.8) is 0 Å². The van der Waals surface area contributed by atoms with Crippen molar-refractivity contribution in [1.82, 2.24) is 0 Å². The minimum atomic E-state index is -1.93. The SMILES string of the molecule is C#C.CC.CCC.CCC.COc1cccc2c1C(=O)c1c(O)c3c(c(O)c1C2=O)C[C@@](O)(C(=O)CO)CC3.O[C@H]1CCCCO1. The zero-order chi connectivity index (χ0) is 35.6. The van der Waals surface area contributed by atoms with Crippen LogP contribution in [0.4, 0.5) is 0 Å². The predicted molar refractivity (Wildman–Crippen MR) is 178 cm³/mol. The van der Waals surface area contributed by atoms with Gasteiger partial charge in [-0.05, 0) is 38.2 Å². The van der Waals surface area contributed by atoms with Crippen molar-refractivity contribution < 1.29 is 49.4 Å². The number of phenolic OH excluding ortho intramolecular Hbond substituents is 2. The maximum absolute atomic E-state index is 13.1. The van der Waals surface area contributed by atoms with Crippen LogP contribution in [0.15, 0.2) is 18.2 Å². The van der Waals surface area contributed by atoms with Gasteiger partial charge in [0.15, 0.2) is 17.9 Å². The summed E-state index contributed by atoms with van der Waals surface area (Å²) >= 11 is 0. The number of aromatic hydroxyl groups is 2. The van der Waals surface area contributed by atoms with Gasteiger partial charge in [-0.1, -0.05) is 66.5 Å². The largest absolute Gasteiger partial charge is 0.507 e. The Morgan fingerprint density at radius 2 is 1.50 bits per heavy atom. The molecule has 0 amide bonds. The molecule has 1 aliphatic heterocycles. The molecule has 5 rings (SSSR count). The number of aliphatic hydroxyl groups is 3. The van der Waals surface area contributed by atoms with Crippen molar-refractivity contribution >= 4 is 17.3 Å². The molecule has 10 heteroatoms. The highest BCUT2D eigenvalue weighted by Gasteiger charge is 2.45. The van der Waals surface area contributed by atoms with E-state index in [0.717, 1.165) is 25.9 Å². The number of Topliss-reactive ketones (excluding diaryl/α,β-unsaturated/α-hetero) is 1. The van der Waals surface area contributed by atoms with Crippen molar-refractivity contribution in [3.05, 3.63) is 51.6 Å². The van der Waals surface area contributed by atoms with Gasteiger partial charge in [-0.2, -0.15) is 0 Å². The Morgan fingerprint density at radius 3 is 1.96 bits per heavy atom. The van der Waals surface area contributed by atoms with E-state index in [1.165, 1.54) is 38.2 Å². The van der Waals surface area contributed by atoms with Gasteiger partial charge in [0.05, 0.1) is 23.8 Å². The molecule has 3 aliphatic rings. The molecule has 1 fully saturated rings. The van der Waals surface area contributed by atoms with E-state index in [1.807, 2.05) is 13.8 Å². The number of fused-ring (bicyclic) bond motifs is 3. The highest BCUT2D eigenvalue weighted by Crippen LogP contribution is 2.48. The Kier molecular flexibility index (Phi) is 19.4. The average Bonchev–Trinajstić information content (AvgIpc) is 3.07. The molecule has 2 aromatic carbocycles. The maximum Gasteiger partial charge on any atom is 0.202 e. The molecule has 0 aromatic heterocycles. The third-order valence-corrected chi connectivity index (χ3v) is 6.91. The summed E-state index contributed by atoms with van der Waals surface area (Å²) in [6.45, 7) is 12.4. The summed E-state index contributed by atoms with van der Waals surface area (Å²) in [6, 6.07) is 4.47. The number of ether oxygens (including phenoxy) is 2. The van der Waals surface area contributed by atoms with Gasteiger partial charge >= 0.3 is 0 Å². The summed E-state index contributed by atoms with van der Waals surface area (Å²) in [7, 11) is 1.35. The first-order valence-corrected chi connectivity index (χ1v) is 15.8. The van der Waals surface area contributed by atoms with Gasteiger partial charge in [-0.25, -0.2) is 0 Å². The molecular weight excluding hydrogens is 592 g/mol. The highest BCUT2D eigenvalue weighted by molar-refractivity contribution is 6.31. The van der Waals surface area contributed by atoms with Gasteiger partial charge < -0.3 is 35.0 Å². The second-order valence-electron chi connectivity index (χ2n) is 10.5. The second-order valence-corrected chi connectivity index (χ2v) is 10.5. The molecule has 10 nitrogen and oxygen atoms in total. The van der Waals surface area contributed by atoms with E-state index in [2.05, 4.69) is 40.5 Å². The molecule has 0 spiro atoms. The van der Waals surface area contributed by atoms with E-state index < -0.39 is 47.3 Å². The van der Waals surface area contributed by atoms with Crippen molar-refractivity contribution in [1.29, 1.82) is 0 Å². The topological polar surface area (TPSA) is 171 Å². The highest BCUT2D eigenvalue weighted by atomic mass is 16.6. The molecule has 1 saturated heterocycles. The third kappa shape index (κ3) is 9.87. The Labute approximate surface area is 273 Å². The molecule has 2 atom stereocenters. The van der Waals surface area contributed by atoms with Gasteiger partial charge in [0.2, 0.25) is 5.78 Å². The van der Waals surface area contributed by atoms with E-state index in [-0.39, 0.29) is 58.4 Å². The van der Waals surface area contributed by atoms with Crippen LogP contribution >= 0.6 is 0 Å². The van der Waals surface area contributed by atoms with Crippen LogP contribution in [-0.4, -0.2) is 75.1 Å². The van der Waals surface area contributed by atoms with E-state index in [9.17, 15) is 29.7 Å². The van der Waals surface area contributed by atoms with E-state index in [0.29, 0.717) is 0 Å². The van der Waals surface area contributed by atoms with Crippen LogP contribution in [0.2, 0.25) is 0 Å². The molecular formula is C36H52O10. The summed E-state index contributed by atoms with van der Waals surface area (Å²) in [5, 5.41) is 50.0. The number of carbonyl (C=O) groups is 3. The zero-order valence-corrected chi connectivity index (χ0v) is 28.3. The smallest absolute Gasteiger partial charge is 0.202 e. The molecule has 0 saturated carbocycles. The molecule has 0 unspecified atom stereocenters. The van der Waals surface area contributed by atoms with E-state index in [1.54, 1.807) is 0 Å². The number of rotatable bonds is 3. The van der Waals surface area contributed by atoms with E-state index >= 15 is 0 Å². The Balaban J connectivity index is 0.000000990. The number of carbonyl (C=O) groups excluding carboxylic acids is 3. The fourth-order valence-electron chi connectivity index (χ4n) is 4.93. The van der Waals surface area contributed by atoms with Crippen LogP contribution in [0.1, 0.15) is 123 Å². The minimum Gasteiger partial charge on any atom is -0.507 e. The second kappa shape index (κ2) is 21.1. The number of hydrogen-bond donors (Lipinski definition) is 5. The average molecular weight is 645 g/mol. The van der Waals surface area contributed by atoms with Gasteiger partial charge in [-0.15, -0.1) is 12.8 Å². The Bertz CT molecular complexity index is 1310. The molecule has 256 valence electrons. The molecule has 46 heavy (non-hydrogen) atoms. The monoisotopic (exact) mass is 644 g/mol. The standard InChI is InChI=1S/C21H18O8.C5H10O2.2C3H8.C2H6.C2H2/c1-29-12-4-2-3-10-14(12)20(27)16-15(18(10)25)19(26)11-7-21(28,13(23)8-22)6-5-9(11)17(16)24;6-5-3-1-2-4-7-5;2*1-3-2;2*1-2/h2-4,22,24,26,28H,5-8H2,1H3;5-6H,1-4H2;2*3H2,1-2H3;1-2H3;1-2H/t21-;5-;;;;/m11..../s1. The fourth-order valence-corrected chi connectivity index (χ4v) is 4.93. The van der Waals surface area contributed by atoms with Gasteiger partial charge in [0, 0.05) is 29.7 Å². The van der Waals surface area contributed by atoms with E-state index in [4.69, 9.17) is 19.7 Å². The third-order valence-electron chi connectivity index (χ3n) is 6.91. The normalized spacial score (nSPS) is 18.6. The molecule has 0 radical (unpaired) electrons. The lowest BCUT2D eigenvalue weighted by Crippen LogP contribution is -2.45. The number of benzene rings is 2. The lowest BCUT2D eigenvalue weighted by atomic mass is 9.73. The number of ketones is 3. The van der Waals surface area contributed by atoms with Crippen LogP contribution in [0, 0.1) is 12.8 Å². The predicted octanol–water partition coefficient (Wildman–Crippen LogP) is 5.28. The molecule has 2 aromatic rings. The van der Waals surface area contributed by atoms with Gasteiger partial charge in [0.25, 0.3) is 0 Å². The first-order chi connectivity index (χ1) is 22.0. The van der Waals surface area contributed by atoms with Crippen LogP contribution in [0.25, 0.3) is 0 Å². The summed E-state index contributed by atoms with van der Waals surface area (Å²) < 4.78 is 10.0. The number of aliphatic hydroxyl groups excluding tert-OH is 2. The fraction of sp³-hybridized carbons (Fsp3) is 0.528. The van der Waals surface area contributed by atoms with Crippen molar-refractivity contribution in [2.45, 2.75) is 105 Å². The van der Waals surface area contributed by atoms with Gasteiger partial charge in [0.1, 0.15) is 29.5 Å². The lowest BCUT2D eigenvalue weighted by molar-refractivity contribution is -0.141. The first kappa shape index (κ1) is 42.2. The molecule has 0 bridgehead atoms. The Morgan fingerprint density at radius 1 is 0.957 bits per heavy atom. The molecule has 5 N–H and O–H groups in total. The summed E-state index contributed by atoms with van der Waals surface area (Å²) in [5.41, 5.74) is -2.38. The Hall–Kier alpha value is -3.75. The first-order valence-electron chi connectivity index (χ1n) is 15.8. The van der Waals surface area contributed by atoms with Gasteiger partial charge in [-0.3, -0.25) is 14.4 Å². The number of phenols is 2. The van der Waals surface area contributed by atoms with Crippen LogP contribution in [0.3, 0.4) is 0 Å². The summed E-state index contributed by atoms with van der Waals surface area (Å²) in [5.74, 6) is -2.99. The summed E-state index contributed by atoms with van der Waals surface area (Å²) in [6.07, 6.45) is 12.6. The number of terminal acetylenes is 1. The lowest BCUT2D eigenvalue weighted by Gasteiger charge is -2.34. The van der Waals surface area contributed by atoms with Crippen LogP contribution in [-0.2, 0) is 22.4 Å². The quantitative estimate of drug-likeness (QED) is 0.187. The summed E-state index contributed by atoms with van der Waals surface area (Å²) in [4.78, 5) is 38.2. The van der Waals surface area contributed by atoms with Crippen LogP contribution in [0.5, 0.6) is 17.2 Å².